The van der Waals surface area contributed by atoms with E-state index in [1.165, 1.54) is 124 Å². The Kier molecular flexibility index (Phi) is 14.5. The lowest BCUT2D eigenvalue weighted by molar-refractivity contribution is 0.395. The predicted molar refractivity (Wildman–Crippen MR) is 203 cm³/mol. The molecule has 45 heavy (non-hydrogen) atoms. The Balaban J connectivity index is 0.000000377. The minimum atomic E-state index is 0.923. The molecule has 0 spiro atoms. The zero-order valence-electron chi connectivity index (χ0n) is 27.6. The average Bonchev–Trinajstić information content (AvgIpc) is 3.57. The SMILES string of the molecule is CCCCCCN1c2ccccc2Cc2c(CCCCCCC(CCC)C3CCCSS3)cccc21.c1ccc2nsnc2c1. The van der Waals surface area contributed by atoms with Crippen LogP contribution in [0.15, 0.2) is 66.7 Å². The van der Waals surface area contributed by atoms with Crippen molar-refractivity contribution in [3.63, 3.8) is 0 Å². The van der Waals surface area contributed by atoms with Crippen LogP contribution in [0.1, 0.15) is 114 Å². The maximum atomic E-state index is 4.05. The third-order valence-electron chi connectivity index (χ3n) is 9.45. The Labute approximate surface area is 285 Å². The maximum absolute atomic E-state index is 4.05. The second kappa shape index (κ2) is 19.0. The zero-order valence-corrected chi connectivity index (χ0v) is 30.0. The van der Waals surface area contributed by atoms with Gasteiger partial charge < -0.3 is 4.90 Å². The van der Waals surface area contributed by atoms with Crippen molar-refractivity contribution < 1.29 is 0 Å². The van der Waals surface area contributed by atoms with Crippen LogP contribution in [0.25, 0.3) is 11.0 Å². The molecule has 1 saturated heterocycles. The first kappa shape index (κ1) is 34.3. The highest BCUT2D eigenvalue weighted by Crippen LogP contribution is 2.43. The summed E-state index contributed by atoms with van der Waals surface area (Å²) in [5, 5.41) is 0.923. The Morgan fingerprint density at radius 1 is 0.756 bits per heavy atom. The highest BCUT2D eigenvalue weighted by Gasteiger charge is 2.25. The van der Waals surface area contributed by atoms with Crippen LogP contribution in [0.5, 0.6) is 0 Å². The third-order valence-corrected chi connectivity index (χ3v) is 13.1. The third kappa shape index (κ3) is 9.98. The standard InChI is InChI=1S/C33H49NS2.C6H4N2S/c1-3-5-6-13-24-34-31-21-12-11-19-29(31)26-30-27(20-14-22-32(30)34)17-9-7-8-10-18-28(16-4-2)33-23-15-25-35-36-33;1-2-4-6-5(3-1)7-9-8-6/h11-12,14,19-22,28,33H,3-10,13,15-18,23-26H2,1-2H3;1-4H. The van der Waals surface area contributed by atoms with Gasteiger partial charge in [-0.3, -0.25) is 0 Å². The Morgan fingerprint density at radius 2 is 1.51 bits per heavy atom. The summed E-state index contributed by atoms with van der Waals surface area (Å²) in [7, 11) is 4.33. The molecule has 0 saturated carbocycles. The molecule has 3 heterocycles. The van der Waals surface area contributed by atoms with E-state index in [1.807, 2.05) is 24.3 Å². The van der Waals surface area contributed by atoms with E-state index in [0.29, 0.717) is 0 Å². The van der Waals surface area contributed by atoms with Gasteiger partial charge in [0.1, 0.15) is 11.0 Å². The molecular weight excluding hydrogens is 607 g/mol. The molecule has 1 fully saturated rings. The van der Waals surface area contributed by atoms with Crippen LogP contribution in [0.3, 0.4) is 0 Å². The normalized spacial score (nSPS) is 16.5. The van der Waals surface area contributed by atoms with Gasteiger partial charge in [0.15, 0.2) is 0 Å². The molecule has 0 N–H and O–H groups in total. The number of anilines is 2. The molecule has 0 aliphatic carbocycles. The smallest absolute Gasteiger partial charge is 0.104 e. The van der Waals surface area contributed by atoms with Gasteiger partial charge in [0.2, 0.25) is 0 Å². The molecular formula is C39H53N3S3. The molecule has 1 aromatic heterocycles. The number of nitrogens with zero attached hydrogens (tertiary/aromatic N) is 3. The first-order chi connectivity index (χ1) is 22.3. The van der Waals surface area contributed by atoms with Crippen molar-refractivity contribution in [2.45, 2.75) is 115 Å². The first-order valence-electron chi connectivity index (χ1n) is 17.7. The Morgan fingerprint density at radius 3 is 2.29 bits per heavy atom. The summed E-state index contributed by atoms with van der Waals surface area (Å²) in [6.07, 6.45) is 20.3. The summed E-state index contributed by atoms with van der Waals surface area (Å²) in [6.45, 7) is 5.82. The summed E-state index contributed by atoms with van der Waals surface area (Å²) in [5.41, 5.74) is 9.60. The van der Waals surface area contributed by atoms with Crippen molar-refractivity contribution in [3.8, 4) is 0 Å². The second-order valence-corrected chi connectivity index (χ2v) is 16.0. The van der Waals surface area contributed by atoms with Gasteiger partial charge in [0, 0.05) is 35.3 Å². The van der Waals surface area contributed by atoms with Gasteiger partial charge in [-0.2, -0.15) is 8.75 Å². The van der Waals surface area contributed by atoms with E-state index < -0.39 is 0 Å². The number of rotatable bonds is 15. The van der Waals surface area contributed by atoms with Crippen molar-refractivity contribution in [2.75, 3.05) is 17.2 Å². The number of hydrogen-bond donors (Lipinski definition) is 0. The van der Waals surface area contributed by atoms with Crippen LogP contribution >= 0.6 is 33.3 Å². The van der Waals surface area contributed by atoms with Crippen LogP contribution < -0.4 is 4.90 Å². The fraction of sp³-hybridized carbons (Fsp3) is 0.538. The van der Waals surface area contributed by atoms with Gasteiger partial charge in [-0.1, -0.05) is 123 Å². The molecule has 6 rings (SSSR count). The highest BCUT2D eigenvalue weighted by molar-refractivity contribution is 8.77. The van der Waals surface area contributed by atoms with Crippen LogP contribution in [0.2, 0.25) is 0 Å². The fourth-order valence-electron chi connectivity index (χ4n) is 7.02. The summed E-state index contributed by atoms with van der Waals surface area (Å²) < 4.78 is 8.10. The van der Waals surface area contributed by atoms with Crippen LogP contribution in [-0.4, -0.2) is 26.3 Å². The van der Waals surface area contributed by atoms with E-state index in [0.717, 1.165) is 35.2 Å². The van der Waals surface area contributed by atoms with Crippen molar-refractivity contribution in [1.82, 2.24) is 8.75 Å². The summed E-state index contributed by atoms with van der Waals surface area (Å²) in [6, 6.07) is 24.1. The quantitative estimate of drug-likeness (QED) is 0.0935. The summed E-state index contributed by atoms with van der Waals surface area (Å²) >= 11 is 1.25. The monoisotopic (exact) mass is 659 g/mol. The van der Waals surface area contributed by atoms with Crippen LogP contribution in [0.4, 0.5) is 11.4 Å². The number of aromatic nitrogens is 2. The molecule has 3 aromatic carbocycles. The number of para-hydroxylation sites is 1. The fourth-order valence-corrected chi connectivity index (χ4v) is 10.7. The van der Waals surface area contributed by atoms with E-state index >= 15 is 0 Å². The van der Waals surface area contributed by atoms with Crippen molar-refractivity contribution in [3.05, 3.63) is 83.4 Å². The highest BCUT2D eigenvalue weighted by atomic mass is 33.1. The van der Waals surface area contributed by atoms with E-state index in [1.54, 1.807) is 11.1 Å². The van der Waals surface area contributed by atoms with Gasteiger partial charge >= 0.3 is 0 Å². The minimum absolute atomic E-state index is 0.923. The lowest BCUT2D eigenvalue weighted by Gasteiger charge is -2.34. The molecule has 2 aliphatic heterocycles. The lowest BCUT2D eigenvalue weighted by atomic mass is 9.89. The molecule has 2 aliphatic rings. The van der Waals surface area contributed by atoms with Crippen molar-refractivity contribution in [2.24, 2.45) is 5.92 Å². The molecule has 4 aromatic rings. The molecule has 2 unspecified atom stereocenters. The molecule has 0 amide bonds. The van der Waals surface area contributed by atoms with Gasteiger partial charge in [-0.25, -0.2) is 0 Å². The van der Waals surface area contributed by atoms with Gasteiger partial charge in [0.25, 0.3) is 0 Å². The number of aryl methyl sites for hydroxylation is 1. The van der Waals surface area contributed by atoms with Gasteiger partial charge in [-0.15, -0.1) is 0 Å². The largest absolute Gasteiger partial charge is 0.341 e. The Hall–Kier alpha value is -2.02. The first-order valence-corrected chi connectivity index (χ1v) is 20.8. The van der Waals surface area contributed by atoms with E-state index in [2.05, 4.69) is 91.5 Å². The predicted octanol–water partition coefficient (Wildman–Crippen LogP) is 12.5. The lowest BCUT2D eigenvalue weighted by Crippen LogP contribution is -2.25. The second-order valence-electron chi connectivity index (χ2n) is 12.8. The van der Waals surface area contributed by atoms with E-state index in [4.69, 9.17) is 0 Å². The number of unbranched alkanes of at least 4 members (excludes halogenated alkanes) is 6. The number of benzene rings is 3. The zero-order chi connectivity index (χ0) is 31.1. The van der Waals surface area contributed by atoms with Crippen LogP contribution in [-0.2, 0) is 12.8 Å². The summed E-state index contributed by atoms with van der Waals surface area (Å²) in [4.78, 5) is 2.63. The van der Waals surface area contributed by atoms with Gasteiger partial charge in [0.05, 0.1) is 11.7 Å². The summed E-state index contributed by atoms with van der Waals surface area (Å²) in [5.74, 6) is 2.32. The molecule has 242 valence electrons. The maximum Gasteiger partial charge on any atom is 0.104 e. The number of fused-ring (bicyclic) bond motifs is 3. The van der Waals surface area contributed by atoms with E-state index in [-0.39, 0.29) is 0 Å². The molecule has 2 atom stereocenters. The van der Waals surface area contributed by atoms with E-state index in [9.17, 15) is 0 Å². The van der Waals surface area contributed by atoms with Crippen molar-refractivity contribution >= 4 is 55.7 Å². The minimum Gasteiger partial charge on any atom is -0.341 e. The van der Waals surface area contributed by atoms with Crippen molar-refractivity contribution in [1.29, 1.82) is 0 Å². The van der Waals surface area contributed by atoms with Gasteiger partial charge in [-0.05, 0) is 91.8 Å². The average molecular weight is 660 g/mol. The molecule has 3 nitrogen and oxygen atoms in total. The molecule has 6 heteroatoms. The molecule has 0 bridgehead atoms. The topological polar surface area (TPSA) is 29.0 Å². The van der Waals surface area contributed by atoms with Crippen LogP contribution in [0, 0.1) is 5.92 Å². The number of hydrogen-bond acceptors (Lipinski definition) is 6. The molecule has 0 radical (unpaired) electrons. The Bertz CT molecular complexity index is 1380.